The summed E-state index contributed by atoms with van der Waals surface area (Å²) in [5, 5.41) is 3.80. The van der Waals surface area contributed by atoms with Gasteiger partial charge in [-0.25, -0.2) is 0 Å². The van der Waals surface area contributed by atoms with Crippen molar-refractivity contribution in [1.82, 2.24) is 15.1 Å². The molecule has 1 aromatic carbocycles. The van der Waals surface area contributed by atoms with Crippen molar-refractivity contribution in [2.75, 3.05) is 32.7 Å². The average molecular weight is 358 g/mol. The van der Waals surface area contributed by atoms with Crippen molar-refractivity contribution in [2.24, 2.45) is 0 Å². The molecule has 0 radical (unpaired) electrons. The summed E-state index contributed by atoms with van der Waals surface area (Å²) in [6, 6.07) is 6.96. The first-order valence-corrected chi connectivity index (χ1v) is 8.10. The standard InChI is InChI=1S/C16H20ClN3O2.ClH/c17-13-4-1-3-12(11-13)15(21)19-7-9-20(10-8-19)16(22)14-5-2-6-18-14;/h1,3-4,11,14,18H,2,5-10H2;1H. The molecule has 0 spiro atoms. The van der Waals surface area contributed by atoms with Crippen LogP contribution in [-0.4, -0.2) is 60.4 Å². The summed E-state index contributed by atoms with van der Waals surface area (Å²) in [6.45, 7) is 3.27. The van der Waals surface area contributed by atoms with Crippen molar-refractivity contribution >= 4 is 35.8 Å². The highest BCUT2D eigenvalue weighted by atomic mass is 35.5. The van der Waals surface area contributed by atoms with Crippen molar-refractivity contribution in [1.29, 1.82) is 0 Å². The molecule has 2 heterocycles. The summed E-state index contributed by atoms with van der Waals surface area (Å²) in [5.41, 5.74) is 0.602. The lowest BCUT2D eigenvalue weighted by Crippen LogP contribution is -2.54. The maximum absolute atomic E-state index is 12.4. The van der Waals surface area contributed by atoms with Crippen molar-refractivity contribution in [3.05, 3.63) is 34.9 Å². The van der Waals surface area contributed by atoms with E-state index in [9.17, 15) is 9.59 Å². The Labute approximate surface area is 147 Å². The van der Waals surface area contributed by atoms with Gasteiger partial charge < -0.3 is 15.1 Å². The highest BCUT2D eigenvalue weighted by Crippen LogP contribution is 2.15. The minimum Gasteiger partial charge on any atom is -0.338 e. The molecule has 1 N–H and O–H groups in total. The van der Waals surface area contributed by atoms with E-state index in [1.165, 1.54) is 0 Å². The third-order valence-corrected chi connectivity index (χ3v) is 4.54. The molecule has 0 bridgehead atoms. The lowest BCUT2D eigenvalue weighted by Gasteiger charge is -2.36. The smallest absolute Gasteiger partial charge is 0.254 e. The van der Waals surface area contributed by atoms with Crippen molar-refractivity contribution in [2.45, 2.75) is 18.9 Å². The van der Waals surface area contributed by atoms with Crippen LogP contribution < -0.4 is 5.32 Å². The fourth-order valence-electron chi connectivity index (χ4n) is 3.05. The van der Waals surface area contributed by atoms with E-state index in [1.54, 1.807) is 29.2 Å². The van der Waals surface area contributed by atoms with Crippen molar-refractivity contribution < 1.29 is 9.59 Å². The molecule has 5 nitrogen and oxygen atoms in total. The summed E-state index contributed by atoms with van der Waals surface area (Å²) < 4.78 is 0. The van der Waals surface area contributed by atoms with Crippen LogP contribution in [0.25, 0.3) is 0 Å². The van der Waals surface area contributed by atoms with Crippen LogP contribution in [0.2, 0.25) is 5.02 Å². The topological polar surface area (TPSA) is 52.7 Å². The molecule has 1 unspecified atom stereocenters. The molecule has 0 saturated carbocycles. The number of carbonyl (C=O) groups is 2. The van der Waals surface area contributed by atoms with Gasteiger partial charge in [0.25, 0.3) is 5.91 Å². The van der Waals surface area contributed by atoms with E-state index in [0.29, 0.717) is 36.8 Å². The molecular weight excluding hydrogens is 337 g/mol. The third-order valence-electron chi connectivity index (χ3n) is 4.31. The van der Waals surface area contributed by atoms with Crippen molar-refractivity contribution in [3.63, 3.8) is 0 Å². The Balaban J connectivity index is 0.00000192. The van der Waals surface area contributed by atoms with Gasteiger partial charge in [-0.2, -0.15) is 0 Å². The van der Waals surface area contributed by atoms with Crippen LogP contribution in [0.4, 0.5) is 0 Å². The van der Waals surface area contributed by atoms with Gasteiger partial charge in [-0.05, 0) is 37.6 Å². The number of amides is 2. The van der Waals surface area contributed by atoms with E-state index >= 15 is 0 Å². The zero-order valence-corrected chi connectivity index (χ0v) is 14.4. The number of benzene rings is 1. The molecule has 3 rings (SSSR count). The molecule has 1 aromatic rings. The number of hydrogen-bond acceptors (Lipinski definition) is 3. The van der Waals surface area contributed by atoms with E-state index in [-0.39, 0.29) is 30.3 Å². The molecule has 2 fully saturated rings. The Morgan fingerprint density at radius 1 is 1.13 bits per heavy atom. The van der Waals surface area contributed by atoms with E-state index in [4.69, 9.17) is 11.6 Å². The van der Waals surface area contributed by atoms with Crippen LogP contribution in [0.1, 0.15) is 23.2 Å². The van der Waals surface area contributed by atoms with Gasteiger partial charge in [0.1, 0.15) is 0 Å². The highest BCUT2D eigenvalue weighted by molar-refractivity contribution is 6.30. The number of piperazine rings is 1. The molecule has 1 atom stereocenters. The summed E-state index contributed by atoms with van der Waals surface area (Å²) >= 11 is 5.93. The van der Waals surface area contributed by atoms with Crippen LogP contribution in [0.3, 0.4) is 0 Å². The summed E-state index contributed by atoms with van der Waals surface area (Å²) in [5.74, 6) is 0.154. The lowest BCUT2D eigenvalue weighted by atomic mass is 10.1. The molecule has 23 heavy (non-hydrogen) atoms. The van der Waals surface area contributed by atoms with Gasteiger partial charge >= 0.3 is 0 Å². The predicted molar refractivity (Wildman–Crippen MR) is 92.2 cm³/mol. The third kappa shape index (κ3) is 4.16. The second-order valence-electron chi connectivity index (χ2n) is 5.78. The van der Waals surface area contributed by atoms with E-state index in [0.717, 1.165) is 19.4 Å². The van der Waals surface area contributed by atoms with Crippen LogP contribution in [0.15, 0.2) is 24.3 Å². The zero-order chi connectivity index (χ0) is 15.5. The number of rotatable bonds is 2. The average Bonchev–Trinajstić information content (AvgIpc) is 3.08. The summed E-state index contributed by atoms with van der Waals surface area (Å²) in [4.78, 5) is 28.4. The molecule has 2 aliphatic rings. The first-order chi connectivity index (χ1) is 10.6. The molecular formula is C16H21Cl2N3O2. The van der Waals surface area contributed by atoms with Gasteiger partial charge in [0, 0.05) is 36.8 Å². The van der Waals surface area contributed by atoms with Gasteiger partial charge in [0.15, 0.2) is 0 Å². The lowest BCUT2D eigenvalue weighted by molar-refractivity contribution is -0.134. The molecule has 126 valence electrons. The van der Waals surface area contributed by atoms with Crippen LogP contribution in [-0.2, 0) is 4.79 Å². The Morgan fingerprint density at radius 2 is 1.83 bits per heavy atom. The predicted octanol–water partition coefficient (Wildman–Crippen LogP) is 1.80. The molecule has 2 saturated heterocycles. The fraction of sp³-hybridized carbons (Fsp3) is 0.500. The number of nitrogens with one attached hydrogen (secondary N) is 1. The van der Waals surface area contributed by atoms with E-state index in [2.05, 4.69) is 5.32 Å². The quantitative estimate of drug-likeness (QED) is 0.877. The number of halogens is 2. The van der Waals surface area contributed by atoms with Crippen molar-refractivity contribution in [3.8, 4) is 0 Å². The largest absolute Gasteiger partial charge is 0.338 e. The maximum Gasteiger partial charge on any atom is 0.254 e. The van der Waals surface area contributed by atoms with Gasteiger partial charge in [0.05, 0.1) is 6.04 Å². The SMILES string of the molecule is Cl.O=C(c1cccc(Cl)c1)N1CCN(C(=O)C2CCCN2)CC1. The first kappa shape index (κ1) is 18.0. The number of hydrogen-bond donors (Lipinski definition) is 1. The monoisotopic (exact) mass is 357 g/mol. The number of carbonyl (C=O) groups excluding carboxylic acids is 2. The highest BCUT2D eigenvalue weighted by Gasteiger charge is 2.30. The van der Waals surface area contributed by atoms with Crippen LogP contribution >= 0.6 is 24.0 Å². The normalized spacial score (nSPS) is 21.0. The van der Waals surface area contributed by atoms with Crippen LogP contribution in [0, 0.1) is 0 Å². The molecule has 2 aliphatic heterocycles. The maximum atomic E-state index is 12.4. The second-order valence-corrected chi connectivity index (χ2v) is 6.21. The van der Waals surface area contributed by atoms with E-state index < -0.39 is 0 Å². The first-order valence-electron chi connectivity index (χ1n) is 7.72. The van der Waals surface area contributed by atoms with Gasteiger partial charge in [-0.3, -0.25) is 9.59 Å². The Hall–Kier alpha value is -1.30. The van der Waals surface area contributed by atoms with Gasteiger partial charge in [0.2, 0.25) is 5.91 Å². The molecule has 7 heteroatoms. The zero-order valence-electron chi connectivity index (χ0n) is 12.8. The number of nitrogens with zero attached hydrogens (tertiary/aromatic N) is 2. The van der Waals surface area contributed by atoms with Gasteiger partial charge in [-0.1, -0.05) is 17.7 Å². The Bertz CT molecular complexity index is 568. The van der Waals surface area contributed by atoms with E-state index in [1.807, 2.05) is 4.90 Å². The Morgan fingerprint density at radius 3 is 2.43 bits per heavy atom. The molecule has 0 aromatic heterocycles. The molecule has 0 aliphatic carbocycles. The van der Waals surface area contributed by atoms with Gasteiger partial charge in [-0.15, -0.1) is 12.4 Å². The summed E-state index contributed by atoms with van der Waals surface area (Å²) in [7, 11) is 0. The van der Waals surface area contributed by atoms with Crippen LogP contribution in [0.5, 0.6) is 0 Å². The minimum absolute atomic E-state index is 0. The Kier molecular flexibility index (Phi) is 6.27. The summed E-state index contributed by atoms with van der Waals surface area (Å²) in [6.07, 6.45) is 1.98. The second kappa shape index (κ2) is 7.99. The fourth-order valence-corrected chi connectivity index (χ4v) is 3.24. The molecule has 2 amide bonds. The minimum atomic E-state index is -0.0322.